The second-order valence-corrected chi connectivity index (χ2v) is 6.04. The summed E-state index contributed by atoms with van der Waals surface area (Å²) in [6, 6.07) is 0. The lowest BCUT2D eigenvalue weighted by Gasteiger charge is -2.58. The maximum atomic E-state index is 2.47. The normalized spacial score (nSPS) is 37.7. The van der Waals surface area contributed by atoms with Crippen LogP contribution in [0.5, 0.6) is 0 Å². The molecule has 0 nitrogen and oxygen atoms in total. The predicted molar refractivity (Wildman–Crippen MR) is 64.3 cm³/mol. The van der Waals surface area contributed by atoms with E-state index in [1.165, 1.54) is 19.3 Å². The highest BCUT2D eigenvalue weighted by Crippen LogP contribution is 2.58. The molecule has 0 aromatic carbocycles. The lowest BCUT2D eigenvalue weighted by atomic mass is 9.46. The first-order chi connectivity index (χ1) is 6.45. The maximum Gasteiger partial charge on any atom is -0.0295 e. The summed E-state index contributed by atoms with van der Waals surface area (Å²) in [5.74, 6) is 3.83. The Balaban J connectivity index is 2.58. The van der Waals surface area contributed by atoms with Gasteiger partial charge in [-0.1, -0.05) is 54.4 Å². The van der Waals surface area contributed by atoms with Crippen molar-refractivity contribution in [1.82, 2.24) is 0 Å². The molecule has 1 saturated carbocycles. The molecule has 0 amide bonds. The SMILES string of the molecule is CCC(C)CC1C(CC)C(C)C1(C)C. The molecule has 0 aliphatic heterocycles. The zero-order valence-electron chi connectivity index (χ0n) is 10.9. The Labute approximate surface area is 90.5 Å². The van der Waals surface area contributed by atoms with Crippen molar-refractivity contribution in [1.29, 1.82) is 0 Å². The van der Waals surface area contributed by atoms with Gasteiger partial charge in [-0.2, -0.15) is 0 Å². The summed E-state index contributed by atoms with van der Waals surface area (Å²) in [6.07, 6.45) is 4.18. The summed E-state index contributed by atoms with van der Waals surface area (Å²) in [5.41, 5.74) is 0.601. The summed E-state index contributed by atoms with van der Waals surface area (Å²) in [6.45, 7) is 14.5. The molecule has 14 heavy (non-hydrogen) atoms. The van der Waals surface area contributed by atoms with E-state index in [2.05, 4.69) is 41.5 Å². The number of hydrogen-bond donors (Lipinski definition) is 0. The first kappa shape index (κ1) is 12.1. The van der Waals surface area contributed by atoms with E-state index in [9.17, 15) is 0 Å². The summed E-state index contributed by atoms with van der Waals surface area (Å²) >= 11 is 0. The summed E-state index contributed by atoms with van der Waals surface area (Å²) in [4.78, 5) is 0. The fourth-order valence-electron chi connectivity index (χ4n) is 3.39. The minimum Gasteiger partial charge on any atom is -0.0651 e. The standard InChI is InChI=1S/C14H28/c1-7-10(3)9-13-12(8-2)11(4)14(13,5)6/h10-13H,7-9H2,1-6H3. The molecule has 1 aliphatic carbocycles. The minimum absolute atomic E-state index is 0.601. The van der Waals surface area contributed by atoms with Crippen LogP contribution in [0.2, 0.25) is 0 Å². The Morgan fingerprint density at radius 2 is 1.79 bits per heavy atom. The lowest BCUT2D eigenvalue weighted by molar-refractivity contribution is -0.0994. The van der Waals surface area contributed by atoms with Gasteiger partial charge < -0.3 is 0 Å². The van der Waals surface area contributed by atoms with Gasteiger partial charge in [0.25, 0.3) is 0 Å². The molecular formula is C14H28. The number of hydrogen-bond acceptors (Lipinski definition) is 0. The second-order valence-electron chi connectivity index (χ2n) is 6.04. The number of rotatable bonds is 4. The van der Waals surface area contributed by atoms with Crippen LogP contribution in [0.1, 0.15) is 60.8 Å². The largest absolute Gasteiger partial charge is 0.0651 e. The van der Waals surface area contributed by atoms with Gasteiger partial charge in [0.2, 0.25) is 0 Å². The van der Waals surface area contributed by atoms with Crippen molar-refractivity contribution in [2.45, 2.75) is 60.8 Å². The van der Waals surface area contributed by atoms with Gasteiger partial charge in [0.1, 0.15) is 0 Å². The average molecular weight is 196 g/mol. The van der Waals surface area contributed by atoms with Crippen LogP contribution in [-0.2, 0) is 0 Å². The summed E-state index contributed by atoms with van der Waals surface area (Å²) in [7, 11) is 0. The van der Waals surface area contributed by atoms with Gasteiger partial charge >= 0.3 is 0 Å². The molecular weight excluding hydrogens is 168 g/mol. The highest BCUT2D eigenvalue weighted by molar-refractivity contribution is 5.00. The monoisotopic (exact) mass is 196 g/mol. The third kappa shape index (κ3) is 1.85. The van der Waals surface area contributed by atoms with Crippen LogP contribution >= 0.6 is 0 Å². The van der Waals surface area contributed by atoms with Crippen molar-refractivity contribution < 1.29 is 0 Å². The molecule has 4 unspecified atom stereocenters. The van der Waals surface area contributed by atoms with Crippen LogP contribution in [0.25, 0.3) is 0 Å². The topological polar surface area (TPSA) is 0 Å². The molecule has 0 heterocycles. The quantitative estimate of drug-likeness (QED) is 0.609. The Morgan fingerprint density at radius 1 is 1.21 bits per heavy atom. The van der Waals surface area contributed by atoms with Crippen molar-refractivity contribution in [3.63, 3.8) is 0 Å². The van der Waals surface area contributed by atoms with E-state index >= 15 is 0 Å². The first-order valence-corrected chi connectivity index (χ1v) is 6.45. The van der Waals surface area contributed by atoms with E-state index in [0.717, 1.165) is 23.7 Å². The van der Waals surface area contributed by atoms with Gasteiger partial charge in [0, 0.05) is 0 Å². The van der Waals surface area contributed by atoms with Crippen LogP contribution in [-0.4, -0.2) is 0 Å². The van der Waals surface area contributed by atoms with Crippen LogP contribution in [0.3, 0.4) is 0 Å². The fourth-order valence-corrected chi connectivity index (χ4v) is 3.39. The average Bonchev–Trinajstić information content (AvgIpc) is 2.17. The fraction of sp³-hybridized carbons (Fsp3) is 1.00. The molecule has 1 fully saturated rings. The molecule has 0 aromatic heterocycles. The Bertz CT molecular complexity index is 180. The minimum atomic E-state index is 0.601. The van der Waals surface area contributed by atoms with Crippen LogP contribution in [0.15, 0.2) is 0 Å². The van der Waals surface area contributed by atoms with Crippen molar-refractivity contribution >= 4 is 0 Å². The highest BCUT2D eigenvalue weighted by atomic mass is 14.6. The molecule has 4 atom stereocenters. The zero-order valence-corrected chi connectivity index (χ0v) is 10.9. The van der Waals surface area contributed by atoms with Gasteiger partial charge in [-0.15, -0.1) is 0 Å². The third-order valence-corrected chi connectivity index (χ3v) is 5.11. The summed E-state index contributed by atoms with van der Waals surface area (Å²) < 4.78 is 0. The molecule has 1 rings (SSSR count). The van der Waals surface area contributed by atoms with Gasteiger partial charge in [0.05, 0.1) is 0 Å². The predicted octanol–water partition coefficient (Wildman–Crippen LogP) is 4.74. The Hall–Kier alpha value is 0. The molecule has 0 heteroatoms. The highest BCUT2D eigenvalue weighted by Gasteiger charge is 2.52. The lowest BCUT2D eigenvalue weighted by Crippen LogP contribution is -2.52. The van der Waals surface area contributed by atoms with E-state index < -0.39 is 0 Å². The van der Waals surface area contributed by atoms with Crippen molar-refractivity contribution in [2.24, 2.45) is 29.1 Å². The first-order valence-electron chi connectivity index (χ1n) is 6.45. The van der Waals surface area contributed by atoms with Gasteiger partial charge in [-0.05, 0) is 35.5 Å². The molecule has 1 aliphatic rings. The zero-order chi connectivity index (χ0) is 10.9. The Morgan fingerprint density at radius 3 is 2.21 bits per heavy atom. The van der Waals surface area contributed by atoms with Crippen molar-refractivity contribution in [2.75, 3.05) is 0 Å². The second kappa shape index (κ2) is 4.24. The van der Waals surface area contributed by atoms with E-state index in [4.69, 9.17) is 0 Å². The smallest absolute Gasteiger partial charge is 0.0295 e. The van der Waals surface area contributed by atoms with Gasteiger partial charge in [-0.3, -0.25) is 0 Å². The van der Waals surface area contributed by atoms with Crippen LogP contribution < -0.4 is 0 Å². The molecule has 0 saturated heterocycles. The maximum absolute atomic E-state index is 2.47. The van der Waals surface area contributed by atoms with E-state index in [-0.39, 0.29) is 0 Å². The molecule has 0 aromatic rings. The van der Waals surface area contributed by atoms with E-state index in [0.29, 0.717) is 5.41 Å². The van der Waals surface area contributed by atoms with E-state index in [1.807, 2.05) is 0 Å². The van der Waals surface area contributed by atoms with Crippen molar-refractivity contribution in [3.05, 3.63) is 0 Å². The molecule has 84 valence electrons. The van der Waals surface area contributed by atoms with Gasteiger partial charge in [0.15, 0.2) is 0 Å². The van der Waals surface area contributed by atoms with Gasteiger partial charge in [-0.25, -0.2) is 0 Å². The van der Waals surface area contributed by atoms with Crippen molar-refractivity contribution in [3.8, 4) is 0 Å². The van der Waals surface area contributed by atoms with Crippen LogP contribution in [0.4, 0.5) is 0 Å². The Kier molecular flexibility index (Phi) is 3.66. The molecule has 0 spiro atoms. The molecule has 0 bridgehead atoms. The van der Waals surface area contributed by atoms with Crippen LogP contribution in [0, 0.1) is 29.1 Å². The van der Waals surface area contributed by atoms with E-state index in [1.54, 1.807) is 0 Å². The third-order valence-electron chi connectivity index (χ3n) is 5.11. The summed E-state index contributed by atoms with van der Waals surface area (Å²) in [5, 5.41) is 0. The molecule has 0 N–H and O–H groups in total. The molecule has 0 radical (unpaired) electrons.